The van der Waals surface area contributed by atoms with Crippen molar-refractivity contribution in [2.45, 2.75) is 25.4 Å². The van der Waals surface area contributed by atoms with Gasteiger partial charge >= 0.3 is 0 Å². The van der Waals surface area contributed by atoms with Gasteiger partial charge in [-0.15, -0.1) is 0 Å². The molecule has 0 aromatic heterocycles. The second-order valence-corrected chi connectivity index (χ2v) is 3.73. The van der Waals surface area contributed by atoms with Crippen molar-refractivity contribution in [1.82, 2.24) is 5.32 Å². The van der Waals surface area contributed by atoms with Crippen LogP contribution in [0.2, 0.25) is 0 Å². The summed E-state index contributed by atoms with van der Waals surface area (Å²) in [5.41, 5.74) is 7.64. The minimum absolute atomic E-state index is 0.697. The maximum Gasteiger partial charge on any atom is 0.142 e. The molecule has 1 saturated carbocycles. The van der Waals surface area contributed by atoms with Gasteiger partial charge in [0.2, 0.25) is 0 Å². The third-order valence-corrected chi connectivity index (χ3v) is 2.47. The zero-order valence-electron chi connectivity index (χ0n) is 8.42. The number of methoxy groups -OCH3 is 1. The molecule has 3 N–H and O–H groups in total. The predicted octanol–water partition coefficient (Wildman–Crippen LogP) is 1.53. The lowest BCUT2D eigenvalue weighted by Gasteiger charge is -2.07. The maximum absolute atomic E-state index is 5.72. The van der Waals surface area contributed by atoms with Crippen LogP contribution in [0.3, 0.4) is 0 Å². The summed E-state index contributed by atoms with van der Waals surface area (Å²) in [7, 11) is 1.64. The van der Waals surface area contributed by atoms with Gasteiger partial charge in [-0.2, -0.15) is 0 Å². The number of ether oxygens (including phenoxy) is 1. The Morgan fingerprint density at radius 3 is 2.93 bits per heavy atom. The van der Waals surface area contributed by atoms with Crippen LogP contribution in [-0.2, 0) is 6.54 Å². The van der Waals surface area contributed by atoms with E-state index in [1.807, 2.05) is 18.2 Å². The Kier molecular flexibility index (Phi) is 2.59. The van der Waals surface area contributed by atoms with E-state index in [1.54, 1.807) is 7.11 Å². The molecule has 0 spiro atoms. The molecule has 0 amide bonds. The number of nitrogens with two attached hydrogens (primary N) is 1. The molecule has 0 saturated heterocycles. The van der Waals surface area contributed by atoms with E-state index < -0.39 is 0 Å². The molecule has 3 nitrogen and oxygen atoms in total. The Hall–Kier alpha value is -1.22. The molecule has 0 unspecified atom stereocenters. The van der Waals surface area contributed by atoms with Crippen molar-refractivity contribution in [2.75, 3.05) is 12.8 Å². The molecule has 0 bridgehead atoms. The molecule has 1 aliphatic carbocycles. The van der Waals surface area contributed by atoms with Crippen molar-refractivity contribution in [3.05, 3.63) is 23.8 Å². The van der Waals surface area contributed by atoms with Gasteiger partial charge in [-0.05, 0) is 30.5 Å². The van der Waals surface area contributed by atoms with Crippen LogP contribution in [-0.4, -0.2) is 13.2 Å². The Balaban J connectivity index is 2.01. The zero-order chi connectivity index (χ0) is 9.97. The van der Waals surface area contributed by atoms with Crippen LogP contribution in [0.25, 0.3) is 0 Å². The van der Waals surface area contributed by atoms with Crippen LogP contribution >= 0.6 is 0 Å². The number of benzene rings is 1. The average molecular weight is 192 g/mol. The molecule has 1 fully saturated rings. The second kappa shape index (κ2) is 3.88. The van der Waals surface area contributed by atoms with E-state index in [9.17, 15) is 0 Å². The first-order chi connectivity index (χ1) is 6.79. The van der Waals surface area contributed by atoms with Crippen LogP contribution in [0, 0.1) is 0 Å². The molecule has 76 valence electrons. The SMILES string of the molecule is COc1cc(CNC2CC2)ccc1N. The Bertz CT molecular complexity index is 321. The summed E-state index contributed by atoms with van der Waals surface area (Å²) in [6, 6.07) is 6.65. The van der Waals surface area contributed by atoms with Crippen LogP contribution in [0.5, 0.6) is 5.75 Å². The van der Waals surface area contributed by atoms with Crippen LogP contribution < -0.4 is 15.8 Å². The van der Waals surface area contributed by atoms with Gasteiger partial charge in [-0.1, -0.05) is 6.07 Å². The standard InChI is InChI=1S/C11H16N2O/c1-14-11-6-8(2-5-10(11)12)7-13-9-3-4-9/h2,5-6,9,13H,3-4,7,12H2,1H3. The Labute approximate surface area is 84.3 Å². The lowest BCUT2D eigenvalue weighted by atomic mass is 10.2. The molecule has 1 aromatic rings. The summed E-state index contributed by atoms with van der Waals surface area (Å²) >= 11 is 0. The van der Waals surface area contributed by atoms with E-state index in [0.717, 1.165) is 18.3 Å². The smallest absolute Gasteiger partial charge is 0.142 e. The molecular weight excluding hydrogens is 176 g/mol. The van der Waals surface area contributed by atoms with E-state index in [0.29, 0.717) is 5.69 Å². The molecule has 3 heteroatoms. The third kappa shape index (κ3) is 2.17. The molecule has 0 radical (unpaired) electrons. The van der Waals surface area contributed by atoms with E-state index >= 15 is 0 Å². The quantitative estimate of drug-likeness (QED) is 0.711. The molecule has 2 rings (SSSR count). The highest BCUT2D eigenvalue weighted by Gasteiger charge is 2.19. The van der Waals surface area contributed by atoms with E-state index in [2.05, 4.69) is 5.32 Å². The van der Waals surface area contributed by atoms with Gasteiger partial charge in [-0.25, -0.2) is 0 Å². The van der Waals surface area contributed by atoms with Gasteiger partial charge in [0.1, 0.15) is 5.75 Å². The van der Waals surface area contributed by atoms with Gasteiger partial charge in [-0.3, -0.25) is 0 Å². The fourth-order valence-corrected chi connectivity index (χ4v) is 1.42. The Morgan fingerprint density at radius 1 is 1.50 bits per heavy atom. The highest BCUT2D eigenvalue weighted by molar-refractivity contribution is 5.53. The summed E-state index contributed by atoms with van der Waals surface area (Å²) in [6.07, 6.45) is 2.62. The number of hydrogen-bond donors (Lipinski definition) is 2. The molecule has 0 heterocycles. The van der Waals surface area contributed by atoms with Gasteiger partial charge in [0.05, 0.1) is 12.8 Å². The lowest BCUT2D eigenvalue weighted by Crippen LogP contribution is -2.15. The van der Waals surface area contributed by atoms with Gasteiger partial charge in [0, 0.05) is 12.6 Å². The van der Waals surface area contributed by atoms with Gasteiger partial charge < -0.3 is 15.8 Å². The van der Waals surface area contributed by atoms with Crippen molar-refractivity contribution in [3.63, 3.8) is 0 Å². The van der Waals surface area contributed by atoms with Crippen molar-refractivity contribution in [2.24, 2.45) is 0 Å². The fraction of sp³-hybridized carbons (Fsp3) is 0.455. The normalized spacial score (nSPS) is 15.5. The maximum atomic E-state index is 5.72. The minimum Gasteiger partial charge on any atom is -0.495 e. The summed E-state index contributed by atoms with van der Waals surface area (Å²) < 4.78 is 5.16. The molecular formula is C11H16N2O. The summed E-state index contributed by atoms with van der Waals surface area (Å²) in [5.74, 6) is 0.764. The Morgan fingerprint density at radius 2 is 2.29 bits per heavy atom. The third-order valence-electron chi connectivity index (χ3n) is 2.47. The first-order valence-electron chi connectivity index (χ1n) is 4.95. The van der Waals surface area contributed by atoms with Gasteiger partial charge in [0.25, 0.3) is 0 Å². The molecule has 1 aliphatic rings. The first kappa shape index (κ1) is 9.34. The van der Waals surface area contributed by atoms with Crippen molar-refractivity contribution in [1.29, 1.82) is 0 Å². The highest BCUT2D eigenvalue weighted by Crippen LogP contribution is 2.23. The summed E-state index contributed by atoms with van der Waals surface area (Å²) in [5, 5.41) is 3.45. The highest BCUT2D eigenvalue weighted by atomic mass is 16.5. The average Bonchev–Trinajstić information content (AvgIpc) is 3.00. The van der Waals surface area contributed by atoms with E-state index in [4.69, 9.17) is 10.5 Å². The zero-order valence-corrected chi connectivity index (χ0v) is 8.42. The van der Waals surface area contributed by atoms with E-state index in [1.165, 1.54) is 18.4 Å². The number of nitrogens with one attached hydrogen (secondary N) is 1. The first-order valence-corrected chi connectivity index (χ1v) is 4.95. The van der Waals surface area contributed by atoms with Crippen molar-refractivity contribution < 1.29 is 4.74 Å². The minimum atomic E-state index is 0.697. The predicted molar refractivity (Wildman–Crippen MR) is 57.3 cm³/mol. The topological polar surface area (TPSA) is 47.3 Å². The number of rotatable bonds is 4. The summed E-state index contributed by atoms with van der Waals surface area (Å²) in [6.45, 7) is 0.904. The van der Waals surface area contributed by atoms with E-state index in [-0.39, 0.29) is 0 Å². The largest absolute Gasteiger partial charge is 0.495 e. The molecule has 14 heavy (non-hydrogen) atoms. The summed E-state index contributed by atoms with van der Waals surface area (Å²) in [4.78, 5) is 0. The molecule has 0 atom stereocenters. The van der Waals surface area contributed by atoms with Crippen LogP contribution in [0.4, 0.5) is 5.69 Å². The van der Waals surface area contributed by atoms with Gasteiger partial charge in [0.15, 0.2) is 0 Å². The fourth-order valence-electron chi connectivity index (χ4n) is 1.42. The second-order valence-electron chi connectivity index (χ2n) is 3.73. The number of hydrogen-bond acceptors (Lipinski definition) is 3. The number of anilines is 1. The van der Waals surface area contributed by atoms with Crippen molar-refractivity contribution in [3.8, 4) is 5.75 Å². The lowest BCUT2D eigenvalue weighted by molar-refractivity contribution is 0.416. The molecule has 1 aromatic carbocycles. The monoisotopic (exact) mass is 192 g/mol. The van der Waals surface area contributed by atoms with Crippen molar-refractivity contribution >= 4 is 5.69 Å². The number of nitrogen functional groups attached to an aromatic ring is 1. The van der Waals surface area contributed by atoms with Crippen LogP contribution in [0.1, 0.15) is 18.4 Å². The molecule has 0 aliphatic heterocycles. The van der Waals surface area contributed by atoms with Crippen LogP contribution in [0.15, 0.2) is 18.2 Å².